The molecular formula is C16H17ClN2O2. The number of hydrogen-bond donors (Lipinski definition) is 2. The number of amides is 1. The van der Waals surface area contributed by atoms with Crippen molar-refractivity contribution in [1.29, 1.82) is 0 Å². The van der Waals surface area contributed by atoms with Crippen LogP contribution in [0.4, 0.5) is 0 Å². The van der Waals surface area contributed by atoms with Crippen LogP contribution >= 0.6 is 11.6 Å². The van der Waals surface area contributed by atoms with Crippen LogP contribution in [0.5, 0.6) is 0 Å². The molecule has 1 saturated carbocycles. The van der Waals surface area contributed by atoms with Crippen molar-refractivity contribution < 1.29 is 9.90 Å². The van der Waals surface area contributed by atoms with Crippen LogP contribution in [0, 0.1) is 0 Å². The third-order valence-corrected chi connectivity index (χ3v) is 4.26. The van der Waals surface area contributed by atoms with Crippen LogP contribution in [-0.2, 0) is 0 Å². The van der Waals surface area contributed by atoms with E-state index in [0.29, 0.717) is 10.5 Å². The summed E-state index contributed by atoms with van der Waals surface area (Å²) >= 11 is 6.21. The van der Waals surface area contributed by atoms with Crippen LogP contribution in [0.2, 0.25) is 5.02 Å². The Labute approximate surface area is 128 Å². The molecule has 0 bridgehead atoms. The summed E-state index contributed by atoms with van der Waals surface area (Å²) in [5.74, 6) is -0.284. The largest absolute Gasteiger partial charge is 0.391 e. The van der Waals surface area contributed by atoms with Gasteiger partial charge in [-0.25, -0.2) is 4.98 Å². The van der Waals surface area contributed by atoms with Crippen LogP contribution < -0.4 is 5.32 Å². The first-order valence-electron chi connectivity index (χ1n) is 7.19. The lowest BCUT2D eigenvalue weighted by atomic mass is 9.92. The molecule has 0 saturated heterocycles. The fourth-order valence-corrected chi connectivity index (χ4v) is 3.03. The lowest BCUT2D eigenvalue weighted by Crippen LogP contribution is -2.45. The summed E-state index contributed by atoms with van der Waals surface area (Å²) in [5, 5.41) is 14.1. The Bertz CT molecular complexity index is 674. The predicted molar refractivity (Wildman–Crippen MR) is 82.5 cm³/mol. The Balaban J connectivity index is 1.84. The molecule has 0 spiro atoms. The van der Waals surface area contributed by atoms with Crippen LogP contribution in [0.3, 0.4) is 0 Å². The third-order valence-electron chi connectivity index (χ3n) is 3.94. The standard InChI is InChI=1S/C16H17ClN2O2/c17-11-9-14(18-12-6-2-1-5-10(11)12)16(21)19-13-7-3-4-8-15(13)20/h1-2,5-6,9,13,15,20H,3-4,7-8H2,(H,19,21)/t13-,15-/m0/s1. The van der Waals surface area contributed by atoms with E-state index >= 15 is 0 Å². The molecule has 1 aliphatic rings. The second-order valence-electron chi connectivity index (χ2n) is 5.44. The molecule has 1 amide bonds. The molecule has 1 aromatic heterocycles. The van der Waals surface area contributed by atoms with Crippen molar-refractivity contribution in [2.24, 2.45) is 0 Å². The zero-order valence-corrected chi connectivity index (χ0v) is 12.3. The molecule has 2 aromatic rings. The Hall–Kier alpha value is -1.65. The van der Waals surface area contributed by atoms with Gasteiger partial charge in [0.25, 0.3) is 5.91 Å². The number of halogens is 1. The highest BCUT2D eigenvalue weighted by atomic mass is 35.5. The first-order valence-corrected chi connectivity index (χ1v) is 7.57. The number of nitrogens with zero attached hydrogens (tertiary/aromatic N) is 1. The summed E-state index contributed by atoms with van der Waals surface area (Å²) < 4.78 is 0. The van der Waals surface area contributed by atoms with Crippen LogP contribution in [-0.4, -0.2) is 28.1 Å². The van der Waals surface area contributed by atoms with Gasteiger partial charge in [0.05, 0.1) is 22.7 Å². The average Bonchev–Trinajstić information content (AvgIpc) is 2.49. The molecule has 1 heterocycles. The van der Waals surface area contributed by atoms with Crippen molar-refractivity contribution in [1.82, 2.24) is 10.3 Å². The van der Waals surface area contributed by atoms with E-state index < -0.39 is 6.10 Å². The molecule has 2 atom stereocenters. The summed E-state index contributed by atoms with van der Waals surface area (Å²) in [7, 11) is 0. The van der Waals surface area contributed by atoms with Gasteiger partial charge in [-0.2, -0.15) is 0 Å². The summed E-state index contributed by atoms with van der Waals surface area (Å²) in [5.41, 5.74) is 0.982. The Morgan fingerprint density at radius 3 is 2.86 bits per heavy atom. The molecule has 5 heteroatoms. The number of benzene rings is 1. The zero-order valence-electron chi connectivity index (χ0n) is 11.6. The van der Waals surface area contributed by atoms with E-state index in [1.807, 2.05) is 24.3 Å². The van der Waals surface area contributed by atoms with Crippen LogP contribution in [0.1, 0.15) is 36.2 Å². The zero-order chi connectivity index (χ0) is 14.8. The molecule has 4 nitrogen and oxygen atoms in total. The van der Waals surface area contributed by atoms with Crippen molar-refractivity contribution in [3.05, 3.63) is 41.0 Å². The number of fused-ring (bicyclic) bond motifs is 1. The lowest BCUT2D eigenvalue weighted by molar-refractivity contribution is 0.0714. The molecule has 2 N–H and O–H groups in total. The minimum absolute atomic E-state index is 0.196. The van der Waals surface area contributed by atoms with E-state index in [9.17, 15) is 9.90 Å². The summed E-state index contributed by atoms with van der Waals surface area (Å²) in [6, 6.07) is 8.82. The maximum absolute atomic E-state index is 12.3. The molecule has 21 heavy (non-hydrogen) atoms. The van der Waals surface area contributed by atoms with Crippen molar-refractivity contribution >= 4 is 28.4 Å². The van der Waals surface area contributed by atoms with Gasteiger partial charge in [-0.1, -0.05) is 42.6 Å². The molecule has 1 aromatic carbocycles. The van der Waals surface area contributed by atoms with Crippen molar-refractivity contribution in [2.45, 2.75) is 37.8 Å². The summed E-state index contributed by atoms with van der Waals surface area (Å²) in [6.07, 6.45) is 3.09. The highest BCUT2D eigenvalue weighted by Crippen LogP contribution is 2.23. The molecule has 1 aliphatic carbocycles. The number of carbonyl (C=O) groups is 1. The van der Waals surface area contributed by atoms with Gasteiger partial charge in [0.2, 0.25) is 0 Å². The minimum atomic E-state index is -0.473. The Kier molecular flexibility index (Phi) is 4.08. The average molecular weight is 305 g/mol. The lowest BCUT2D eigenvalue weighted by Gasteiger charge is -2.28. The molecule has 0 aliphatic heterocycles. The number of aliphatic hydroxyl groups excluding tert-OH is 1. The smallest absolute Gasteiger partial charge is 0.270 e. The fraction of sp³-hybridized carbons (Fsp3) is 0.375. The second-order valence-corrected chi connectivity index (χ2v) is 5.85. The topological polar surface area (TPSA) is 62.2 Å². The minimum Gasteiger partial charge on any atom is -0.391 e. The maximum Gasteiger partial charge on any atom is 0.270 e. The number of aromatic nitrogens is 1. The van der Waals surface area contributed by atoms with E-state index in [4.69, 9.17) is 11.6 Å². The van der Waals surface area contributed by atoms with Gasteiger partial charge in [-0.3, -0.25) is 4.79 Å². The molecule has 0 unspecified atom stereocenters. The van der Waals surface area contributed by atoms with Crippen molar-refractivity contribution in [3.63, 3.8) is 0 Å². The van der Waals surface area contributed by atoms with Gasteiger partial charge in [-0.15, -0.1) is 0 Å². The third kappa shape index (κ3) is 3.01. The van der Waals surface area contributed by atoms with Gasteiger partial charge in [0.15, 0.2) is 0 Å². The molecular weight excluding hydrogens is 288 g/mol. The summed E-state index contributed by atoms with van der Waals surface area (Å²) in [6.45, 7) is 0. The molecule has 110 valence electrons. The van der Waals surface area contributed by atoms with Gasteiger partial charge in [0.1, 0.15) is 5.69 Å². The van der Waals surface area contributed by atoms with Gasteiger partial charge in [-0.05, 0) is 25.0 Å². The van der Waals surface area contributed by atoms with Crippen molar-refractivity contribution in [2.75, 3.05) is 0 Å². The number of pyridine rings is 1. The predicted octanol–water partition coefficient (Wildman–Crippen LogP) is 2.92. The number of hydrogen-bond acceptors (Lipinski definition) is 3. The van der Waals surface area contributed by atoms with Crippen molar-refractivity contribution in [3.8, 4) is 0 Å². The van der Waals surface area contributed by atoms with E-state index in [1.165, 1.54) is 0 Å². The van der Waals surface area contributed by atoms with Gasteiger partial charge < -0.3 is 10.4 Å². The fourth-order valence-electron chi connectivity index (χ4n) is 2.77. The Morgan fingerprint density at radius 1 is 1.29 bits per heavy atom. The SMILES string of the molecule is O=C(N[C@H]1CCCC[C@@H]1O)c1cc(Cl)c2ccccc2n1. The van der Waals surface area contributed by atoms with E-state index in [2.05, 4.69) is 10.3 Å². The first-order chi connectivity index (χ1) is 10.1. The maximum atomic E-state index is 12.3. The number of aliphatic hydroxyl groups is 1. The number of carbonyl (C=O) groups excluding carboxylic acids is 1. The monoisotopic (exact) mass is 304 g/mol. The summed E-state index contributed by atoms with van der Waals surface area (Å²) in [4.78, 5) is 16.7. The molecule has 1 fully saturated rings. The normalized spacial score (nSPS) is 22.2. The first kappa shape index (κ1) is 14.3. The van der Waals surface area contributed by atoms with Crippen LogP contribution in [0.15, 0.2) is 30.3 Å². The number of rotatable bonds is 2. The molecule has 3 rings (SSSR count). The van der Waals surface area contributed by atoms with E-state index in [0.717, 1.165) is 31.1 Å². The quantitative estimate of drug-likeness (QED) is 0.896. The van der Waals surface area contributed by atoms with E-state index in [1.54, 1.807) is 6.07 Å². The Morgan fingerprint density at radius 2 is 2.05 bits per heavy atom. The number of para-hydroxylation sites is 1. The highest BCUT2D eigenvalue weighted by molar-refractivity contribution is 6.35. The van der Waals surface area contributed by atoms with E-state index in [-0.39, 0.29) is 17.6 Å². The van der Waals surface area contributed by atoms with Gasteiger partial charge >= 0.3 is 0 Å². The second kappa shape index (κ2) is 6.00. The number of nitrogens with one attached hydrogen (secondary N) is 1. The molecule has 0 radical (unpaired) electrons. The van der Waals surface area contributed by atoms with Gasteiger partial charge in [0, 0.05) is 5.39 Å². The highest BCUT2D eigenvalue weighted by Gasteiger charge is 2.25. The van der Waals surface area contributed by atoms with Crippen LogP contribution in [0.25, 0.3) is 10.9 Å².